The van der Waals surface area contributed by atoms with Crippen molar-refractivity contribution < 1.29 is 9.53 Å². The molecule has 2 nitrogen and oxygen atoms in total. The van der Waals surface area contributed by atoms with Crippen molar-refractivity contribution in [3.8, 4) is 0 Å². The van der Waals surface area contributed by atoms with Crippen molar-refractivity contribution in [2.75, 3.05) is 7.11 Å². The van der Waals surface area contributed by atoms with E-state index < -0.39 is 0 Å². The summed E-state index contributed by atoms with van der Waals surface area (Å²) in [4.78, 5) is 12.4. The standard InChI is InChI=1S/C18H28O2/c1-17-11-6-12-18(2,16(19)20-3)15(17)10-9-13-7-4-5-8-14(13)17/h7,14-15H,4-6,8-12H2,1-3H3/t14-,15+,17+,18+/m0/s1. The molecule has 3 rings (SSSR count). The molecule has 0 unspecified atom stereocenters. The summed E-state index contributed by atoms with van der Waals surface area (Å²) >= 11 is 0. The van der Waals surface area contributed by atoms with Gasteiger partial charge in [-0.15, -0.1) is 0 Å². The van der Waals surface area contributed by atoms with Crippen molar-refractivity contribution in [2.45, 2.75) is 65.2 Å². The molecule has 0 N–H and O–H groups in total. The van der Waals surface area contributed by atoms with Crippen LogP contribution in [0.1, 0.15) is 65.2 Å². The Hall–Kier alpha value is -0.790. The molecule has 0 aromatic heterocycles. The fourth-order valence-electron chi connectivity index (χ4n) is 5.73. The van der Waals surface area contributed by atoms with Crippen molar-refractivity contribution in [1.82, 2.24) is 0 Å². The normalized spacial score (nSPS) is 44.0. The van der Waals surface area contributed by atoms with E-state index in [0.717, 1.165) is 12.3 Å². The third-order valence-electron chi connectivity index (χ3n) is 6.70. The zero-order valence-corrected chi connectivity index (χ0v) is 13.2. The zero-order valence-electron chi connectivity index (χ0n) is 13.2. The van der Waals surface area contributed by atoms with Gasteiger partial charge in [0.2, 0.25) is 0 Å². The van der Waals surface area contributed by atoms with Crippen molar-refractivity contribution >= 4 is 5.97 Å². The summed E-state index contributed by atoms with van der Waals surface area (Å²) in [6.45, 7) is 4.62. The first-order valence-corrected chi connectivity index (χ1v) is 8.30. The van der Waals surface area contributed by atoms with Gasteiger partial charge in [0.1, 0.15) is 0 Å². The van der Waals surface area contributed by atoms with E-state index in [1.165, 1.54) is 44.9 Å². The molecule has 4 atom stereocenters. The lowest BCUT2D eigenvalue weighted by Gasteiger charge is -2.58. The molecule has 2 saturated carbocycles. The van der Waals surface area contributed by atoms with Gasteiger partial charge in [-0.25, -0.2) is 0 Å². The van der Waals surface area contributed by atoms with Gasteiger partial charge in [-0.3, -0.25) is 4.79 Å². The molecule has 0 radical (unpaired) electrons. The van der Waals surface area contributed by atoms with Crippen LogP contribution in [-0.2, 0) is 9.53 Å². The Morgan fingerprint density at radius 3 is 2.80 bits per heavy atom. The van der Waals surface area contributed by atoms with E-state index in [0.29, 0.717) is 11.3 Å². The van der Waals surface area contributed by atoms with Crippen LogP contribution < -0.4 is 0 Å². The van der Waals surface area contributed by atoms with Crippen LogP contribution in [0.25, 0.3) is 0 Å². The van der Waals surface area contributed by atoms with Crippen molar-refractivity contribution in [3.63, 3.8) is 0 Å². The van der Waals surface area contributed by atoms with E-state index in [1.54, 1.807) is 12.7 Å². The summed E-state index contributed by atoms with van der Waals surface area (Å²) in [7, 11) is 1.55. The number of ether oxygens (including phenoxy) is 1. The number of rotatable bonds is 1. The highest BCUT2D eigenvalue weighted by molar-refractivity contribution is 5.77. The maximum atomic E-state index is 12.4. The molecule has 20 heavy (non-hydrogen) atoms. The Kier molecular flexibility index (Phi) is 3.46. The summed E-state index contributed by atoms with van der Waals surface area (Å²) in [5.41, 5.74) is 1.75. The molecule has 3 aliphatic carbocycles. The third-order valence-corrected chi connectivity index (χ3v) is 6.70. The maximum absolute atomic E-state index is 12.4. The largest absolute Gasteiger partial charge is 0.469 e. The Morgan fingerprint density at radius 2 is 2.05 bits per heavy atom. The highest BCUT2D eigenvalue weighted by Gasteiger charge is 2.57. The first-order chi connectivity index (χ1) is 9.52. The molecule has 0 heterocycles. The second-order valence-electron chi connectivity index (χ2n) is 7.62. The van der Waals surface area contributed by atoms with Crippen LogP contribution in [0.4, 0.5) is 0 Å². The first-order valence-electron chi connectivity index (χ1n) is 8.30. The van der Waals surface area contributed by atoms with Crippen LogP contribution in [0.5, 0.6) is 0 Å². The average Bonchev–Trinajstić information content (AvgIpc) is 2.46. The van der Waals surface area contributed by atoms with Gasteiger partial charge in [0, 0.05) is 0 Å². The van der Waals surface area contributed by atoms with E-state index in [2.05, 4.69) is 19.9 Å². The number of methoxy groups -OCH3 is 1. The van der Waals surface area contributed by atoms with Crippen LogP contribution in [-0.4, -0.2) is 13.1 Å². The number of carbonyl (C=O) groups excluding carboxylic acids is 1. The molecule has 3 aliphatic rings. The molecule has 0 aromatic carbocycles. The minimum Gasteiger partial charge on any atom is -0.469 e. The van der Waals surface area contributed by atoms with E-state index in [4.69, 9.17) is 4.74 Å². The number of hydrogen-bond donors (Lipinski definition) is 0. The molecule has 2 fully saturated rings. The fourth-order valence-corrected chi connectivity index (χ4v) is 5.73. The first kappa shape index (κ1) is 14.2. The summed E-state index contributed by atoms with van der Waals surface area (Å²) in [5.74, 6) is 1.24. The highest BCUT2D eigenvalue weighted by atomic mass is 16.5. The Balaban J connectivity index is 1.98. The SMILES string of the molecule is COC(=O)[C@]1(C)CCC[C@@]2(C)[C@H]1CCC1=CCCC[C@@H]12. The number of carbonyl (C=O) groups is 1. The molecule has 0 saturated heterocycles. The number of hydrogen-bond acceptors (Lipinski definition) is 2. The Labute approximate surface area is 123 Å². The topological polar surface area (TPSA) is 26.3 Å². The minimum atomic E-state index is -0.259. The monoisotopic (exact) mass is 276 g/mol. The quantitative estimate of drug-likeness (QED) is 0.521. The zero-order chi connectivity index (χ0) is 14.4. The van der Waals surface area contributed by atoms with Gasteiger partial charge in [-0.1, -0.05) is 25.0 Å². The van der Waals surface area contributed by atoms with Gasteiger partial charge < -0.3 is 4.74 Å². The molecule has 0 amide bonds. The van der Waals surface area contributed by atoms with Gasteiger partial charge in [0.15, 0.2) is 0 Å². The molecule has 112 valence electrons. The smallest absolute Gasteiger partial charge is 0.311 e. The van der Waals surface area contributed by atoms with Gasteiger partial charge in [-0.2, -0.15) is 0 Å². The summed E-state index contributed by atoms with van der Waals surface area (Å²) in [6, 6.07) is 0. The molecule has 0 aliphatic heterocycles. The van der Waals surface area contributed by atoms with Gasteiger partial charge in [0.05, 0.1) is 12.5 Å². The maximum Gasteiger partial charge on any atom is 0.311 e. The lowest BCUT2D eigenvalue weighted by Crippen LogP contribution is -2.54. The van der Waals surface area contributed by atoms with Gasteiger partial charge >= 0.3 is 5.97 Å². The van der Waals surface area contributed by atoms with Crippen LogP contribution in [0.2, 0.25) is 0 Å². The number of allylic oxidation sites excluding steroid dienone is 2. The van der Waals surface area contributed by atoms with Crippen molar-refractivity contribution in [3.05, 3.63) is 11.6 Å². The van der Waals surface area contributed by atoms with Crippen molar-refractivity contribution in [2.24, 2.45) is 22.7 Å². The molecule has 0 bridgehead atoms. The molecular weight excluding hydrogens is 248 g/mol. The van der Waals surface area contributed by atoms with Gasteiger partial charge in [-0.05, 0) is 69.1 Å². The molecule has 0 aromatic rings. The van der Waals surface area contributed by atoms with E-state index in [1.807, 2.05) is 0 Å². The van der Waals surface area contributed by atoms with E-state index in [-0.39, 0.29) is 11.4 Å². The lowest BCUT2D eigenvalue weighted by molar-refractivity contribution is -0.168. The summed E-state index contributed by atoms with van der Waals surface area (Å²) in [5, 5.41) is 0. The lowest BCUT2D eigenvalue weighted by atomic mass is 9.46. The molecule has 2 heteroatoms. The summed E-state index contributed by atoms with van der Waals surface area (Å²) in [6.07, 6.45) is 12.3. The highest BCUT2D eigenvalue weighted by Crippen LogP contribution is 2.63. The van der Waals surface area contributed by atoms with Crippen molar-refractivity contribution in [1.29, 1.82) is 0 Å². The van der Waals surface area contributed by atoms with Gasteiger partial charge in [0.25, 0.3) is 0 Å². The predicted octanol–water partition coefficient (Wildman–Crippen LogP) is 4.49. The molecule has 0 spiro atoms. The Bertz CT molecular complexity index is 439. The second kappa shape index (κ2) is 4.89. The molecular formula is C18H28O2. The number of fused-ring (bicyclic) bond motifs is 3. The van der Waals surface area contributed by atoms with E-state index >= 15 is 0 Å². The summed E-state index contributed by atoms with van der Waals surface area (Å²) < 4.78 is 5.17. The van der Waals surface area contributed by atoms with E-state index in [9.17, 15) is 4.79 Å². The minimum absolute atomic E-state index is 0.0247. The van der Waals surface area contributed by atoms with Crippen LogP contribution in [0, 0.1) is 22.7 Å². The fraction of sp³-hybridized carbons (Fsp3) is 0.833. The Morgan fingerprint density at radius 1 is 1.25 bits per heavy atom. The van der Waals surface area contributed by atoms with Crippen LogP contribution in [0.3, 0.4) is 0 Å². The second-order valence-corrected chi connectivity index (χ2v) is 7.62. The van der Waals surface area contributed by atoms with Crippen LogP contribution in [0.15, 0.2) is 11.6 Å². The average molecular weight is 276 g/mol. The number of esters is 1. The van der Waals surface area contributed by atoms with Crippen LogP contribution >= 0.6 is 0 Å². The third kappa shape index (κ3) is 1.87. The predicted molar refractivity (Wildman–Crippen MR) is 80.2 cm³/mol.